The van der Waals surface area contributed by atoms with Gasteiger partial charge in [-0.05, 0) is 11.5 Å². The molecule has 0 spiro atoms. The van der Waals surface area contributed by atoms with Crippen molar-refractivity contribution in [3.05, 3.63) is 11.1 Å². The minimum Gasteiger partial charge on any atom is -0.378 e. The maximum atomic E-state index is 11.2. The number of carbonyl (C=O) groups excluding carboxylic acids is 1. The number of alkyl halides is 1. The highest BCUT2D eigenvalue weighted by Gasteiger charge is 2.06. The van der Waals surface area contributed by atoms with Crippen molar-refractivity contribution in [1.82, 2.24) is 14.9 Å². The van der Waals surface area contributed by atoms with E-state index in [0.29, 0.717) is 31.3 Å². The Morgan fingerprint density at radius 3 is 3.14 bits per heavy atom. The first-order valence-corrected chi connectivity index (χ1v) is 5.40. The van der Waals surface area contributed by atoms with Crippen LogP contribution in [-0.4, -0.2) is 41.1 Å². The molecule has 1 N–H and O–H groups in total. The Kier molecular flexibility index (Phi) is 5.43. The third kappa shape index (κ3) is 3.99. The number of halogens is 1. The first-order valence-electron chi connectivity index (χ1n) is 4.03. The van der Waals surface area contributed by atoms with Gasteiger partial charge in [-0.2, -0.15) is 0 Å². The maximum Gasteiger partial charge on any atom is 0.272 e. The molecule has 0 unspecified atom stereocenters. The van der Waals surface area contributed by atoms with Gasteiger partial charge in [-0.1, -0.05) is 4.49 Å². The Morgan fingerprint density at radius 1 is 1.64 bits per heavy atom. The molecule has 0 radical (unpaired) electrons. The zero-order valence-electron chi connectivity index (χ0n) is 7.40. The van der Waals surface area contributed by atoms with E-state index in [-0.39, 0.29) is 5.91 Å². The van der Waals surface area contributed by atoms with E-state index in [1.54, 1.807) is 5.38 Å². The molecule has 0 aliphatic heterocycles. The fourth-order valence-corrected chi connectivity index (χ4v) is 1.29. The van der Waals surface area contributed by atoms with Crippen molar-refractivity contribution in [1.29, 1.82) is 0 Å². The molecule has 1 amide bonds. The van der Waals surface area contributed by atoms with Crippen LogP contribution in [0.1, 0.15) is 10.5 Å². The van der Waals surface area contributed by atoms with Gasteiger partial charge >= 0.3 is 0 Å². The summed E-state index contributed by atoms with van der Waals surface area (Å²) in [7, 11) is 0. The summed E-state index contributed by atoms with van der Waals surface area (Å²) < 4.78 is 8.65. The number of amides is 1. The van der Waals surface area contributed by atoms with Crippen LogP contribution >= 0.6 is 23.1 Å². The zero-order valence-corrected chi connectivity index (χ0v) is 8.98. The van der Waals surface area contributed by atoms with Crippen LogP contribution in [0.15, 0.2) is 5.38 Å². The summed E-state index contributed by atoms with van der Waals surface area (Å²) in [6, 6.07) is 0. The molecule has 1 rings (SSSR count). The van der Waals surface area contributed by atoms with Crippen LogP contribution in [0.5, 0.6) is 0 Å². The second-order valence-electron chi connectivity index (χ2n) is 2.35. The summed E-state index contributed by atoms with van der Waals surface area (Å²) in [4.78, 5) is 11.2. The Hall–Kier alpha value is -0.720. The number of hydrogen-bond donors (Lipinski definition) is 1. The molecule has 0 saturated carbocycles. The van der Waals surface area contributed by atoms with E-state index in [9.17, 15) is 4.79 Å². The van der Waals surface area contributed by atoms with Crippen molar-refractivity contribution in [2.75, 3.05) is 25.6 Å². The third-order valence-corrected chi connectivity index (χ3v) is 2.01. The number of hydrogen-bond acceptors (Lipinski definition) is 5. The Bertz CT molecular complexity index is 268. The molecule has 0 aromatic carbocycles. The molecular formula is C7H10ClN3O2S. The van der Waals surface area contributed by atoms with Crippen molar-refractivity contribution in [2.45, 2.75) is 0 Å². The van der Waals surface area contributed by atoms with Gasteiger partial charge in [0, 0.05) is 17.8 Å². The van der Waals surface area contributed by atoms with E-state index in [4.69, 9.17) is 16.3 Å². The number of nitrogens with one attached hydrogen (secondary N) is 1. The smallest absolute Gasteiger partial charge is 0.272 e. The van der Waals surface area contributed by atoms with E-state index >= 15 is 0 Å². The van der Waals surface area contributed by atoms with Gasteiger partial charge < -0.3 is 10.1 Å². The topological polar surface area (TPSA) is 64.1 Å². The van der Waals surface area contributed by atoms with Crippen LogP contribution in [0.3, 0.4) is 0 Å². The van der Waals surface area contributed by atoms with Crippen LogP contribution in [0.25, 0.3) is 0 Å². The van der Waals surface area contributed by atoms with Crippen molar-refractivity contribution in [2.24, 2.45) is 0 Å². The fourth-order valence-electron chi connectivity index (χ4n) is 0.747. The molecule has 0 atom stereocenters. The Morgan fingerprint density at radius 2 is 2.50 bits per heavy atom. The molecule has 1 aromatic rings. The van der Waals surface area contributed by atoms with Gasteiger partial charge in [0.1, 0.15) is 0 Å². The number of nitrogens with zero attached hydrogens (tertiary/aromatic N) is 2. The third-order valence-electron chi connectivity index (χ3n) is 1.35. The summed E-state index contributed by atoms with van der Waals surface area (Å²) in [5.74, 6) is 0.234. The molecule has 0 aliphatic carbocycles. The van der Waals surface area contributed by atoms with Crippen LogP contribution in [-0.2, 0) is 4.74 Å². The van der Waals surface area contributed by atoms with Crippen LogP contribution in [0.4, 0.5) is 0 Å². The second kappa shape index (κ2) is 6.69. The SMILES string of the molecule is O=C(NCCOCCCl)c1csnn1. The summed E-state index contributed by atoms with van der Waals surface area (Å²) >= 11 is 6.54. The predicted molar refractivity (Wildman–Crippen MR) is 53.8 cm³/mol. The quantitative estimate of drug-likeness (QED) is 0.577. The van der Waals surface area contributed by atoms with Crippen LogP contribution < -0.4 is 5.32 Å². The van der Waals surface area contributed by atoms with Gasteiger partial charge in [-0.3, -0.25) is 4.79 Å². The van der Waals surface area contributed by atoms with Crippen molar-refractivity contribution in [3.8, 4) is 0 Å². The molecule has 7 heteroatoms. The molecule has 0 bridgehead atoms. The van der Waals surface area contributed by atoms with Crippen LogP contribution in [0.2, 0.25) is 0 Å². The minimum absolute atomic E-state index is 0.228. The monoisotopic (exact) mass is 235 g/mol. The zero-order chi connectivity index (χ0) is 10.2. The normalized spacial score (nSPS) is 10.1. The van der Waals surface area contributed by atoms with E-state index in [1.165, 1.54) is 0 Å². The van der Waals surface area contributed by atoms with E-state index < -0.39 is 0 Å². The fraction of sp³-hybridized carbons (Fsp3) is 0.571. The average molecular weight is 236 g/mol. The first kappa shape index (κ1) is 11.4. The molecule has 0 saturated heterocycles. The minimum atomic E-state index is -0.228. The molecule has 1 heterocycles. The highest BCUT2D eigenvalue weighted by atomic mass is 35.5. The molecule has 14 heavy (non-hydrogen) atoms. The molecular weight excluding hydrogens is 226 g/mol. The lowest BCUT2D eigenvalue weighted by Crippen LogP contribution is -2.27. The molecule has 1 aromatic heterocycles. The van der Waals surface area contributed by atoms with Gasteiger partial charge in [0.2, 0.25) is 0 Å². The Balaban J connectivity index is 2.10. The highest BCUT2D eigenvalue weighted by molar-refractivity contribution is 7.03. The summed E-state index contributed by atoms with van der Waals surface area (Å²) in [5, 5.41) is 7.86. The van der Waals surface area contributed by atoms with Gasteiger partial charge in [0.25, 0.3) is 5.91 Å². The molecule has 0 aliphatic rings. The molecule has 5 nitrogen and oxygen atoms in total. The second-order valence-corrected chi connectivity index (χ2v) is 3.34. The highest BCUT2D eigenvalue weighted by Crippen LogP contribution is 1.95. The van der Waals surface area contributed by atoms with Gasteiger partial charge in [-0.15, -0.1) is 16.7 Å². The largest absolute Gasteiger partial charge is 0.378 e. The van der Waals surface area contributed by atoms with Gasteiger partial charge in [-0.25, -0.2) is 0 Å². The van der Waals surface area contributed by atoms with Crippen molar-refractivity contribution in [3.63, 3.8) is 0 Å². The summed E-state index contributed by atoms with van der Waals surface area (Å²) in [5.41, 5.74) is 0.340. The number of aromatic nitrogens is 2. The lowest BCUT2D eigenvalue weighted by molar-refractivity contribution is 0.0918. The summed E-state index contributed by atoms with van der Waals surface area (Å²) in [6.45, 7) is 1.40. The van der Waals surface area contributed by atoms with Crippen molar-refractivity contribution >= 4 is 29.0 Å². The van der Waals surface area contributed by atoms with E-state index in [2.05, 4.69) is 14.9 Å². The number of carbonyl (C=O) groups is 1. The maximum absolute atomic E-state index is 11.2. The van der Waals surface area contributed by atoms with E-state index in [0.717, 1.165) is 11.5 Å². The average Bonchev–Trinajstić information content (AvgIpc) is 2.70. The Labute approximate surface area is 90.6 Å². The number of rotatable bonds is 6. The predicted octanol–water partition coefficient (Wildman–Crippen LogP) is 0.523. The molecule has 0 fully saturated rings. The number of ether oxygens (including phenoxy) is 1. The van der Waals surface area contributed by atoms with Crippen LogP contribution in [0, 0.1) is 0 Å². The standard InChI is InChI=1S/C7H10ClN3O2S/c8-1-3-13-4-2-9-7(12)6-5-14-11-10-6/h5H,1-4H2,(H,9,12). The van der Waals surface area contributed by atoms with Gasteiger partial charge in [0.05, 0.1) is 13.2 Å². The summed E-state index contributed by atoms with van der Waals surface area (Å²) in [6.07, 6.45) is 0. The lowest BCUT2D eigenvalue weighted by Gasteiger charge is -2.02. The molecule has 78 valence electrons. The van der Waals surface area contributed by atoms with E-state index in [1.807, 2.05) is 0 Å². The first-order chi connectivity index (χ1) is 6.84. The van der Waals surface area contributed by atoms with Crippen molar-refractivity contribution < 1.29 is 9.53 Å². The lowest BCUT2D eigenvalue weighted by atomic mass is 10.4. The van der Waals surface area contributed by atoms with Gasteiger partial charge in [0.15, 0.2) is 5.69 Å².